The second-order valence-corrected chi connectivity index (χ2v) is 4.20. The van der Waals surface area contributed by atoms with Crippen molar-refractivity contribution < 1.29 is 4.42 Å². The Morgan fingerprint density at radius 3 is 2.50 bits per heavy atom. The molecule has 0 saturated carbocycles. The fourth-order valence-corrected chi connectivity index (χ4v) is 1.81. The lowest BCUT2D eigenvalue weighted by molar-refractivity contribution is 0.533. The van der Waals surface area contributed by atoms with Crippen LogP contribution < -0.4 is 5.32 Å². The van der Waals surface area contributed by atoms with Crippen LogP contribution in [-0.2, 0) is 0 Å². The van der Waals surface area contributed by atoms with E-state index in [1.807, 2.05) is 37.3 Å². The fourth-order valence-electron chi connectivity index (χ4n) is 1.35. The first-order valence-corrected chi connectivity index (χ1v) is 5.56. The number of rotatable bonds is 2. The maximum Gasteiger partial charge on any atom is 0.114 e. The predicted molar refractivity (Wildman–Crippen MR) is 70.2 cm³/mol. The monoisotopic (exact) mass is 251 g/mol. The van der Waals surface area contributed by atoms with Gasteiger partial charge in [0.25, 0.3) is 0 Å². The second kappa shape index (κ2) is 4.68. The van der Waals surface area contributed by atoms with Crippen molar-refractivity contribution in [2.45, 2.75) is 6.92 Å². The third kappa shape index (κ3) is 2.43. The Hall–Kier alpha value is -1.32. The molecule has 1 heterocycles. The summed E-state index contributed by atoms with van der Waals surface area (Å²) < 4.78 is 5.19. The van der Waals surface area contributed by atoms with Gasteiger partial charge in [-0.2, -0.15) is 0 Å². The SMILES string of the molecule is Cc1occc1C(=S)Nc1ccc(Cl)cc1. The molecule has 2 nitrogen and oxygen atoms in total. The highest BCUT2D eigenvalue weighted by atomic mass is 35.5. The minimum atomic E-state index is 0.647. The van der Waals surface area contributed by atoms with E-state index in [0.717, 1.165) is 17.0 Å². The van der Waals surface area contributed by atoms with Gasteiger partial charge in [-0.05, 0) is 37.3 Å². The zero-order valence-electron chi connectivity index (χ0n) is 8.66. The number of hydrogen-bond donors (Lipinski definition) is 1. The van der Waals surface area contributed by atoms with E-state index in [-0.39, 0.29) is 0 Å². The lowest BCUT2D eigenvalue weighted by Gasteiger charge is -2.06. The molecule has 0 fully saturated rings. The van der Waals surface area contributed by atoms with E-state index in [0.29, 0.717) is 10.0 Å². The zero-order valence-corrected chi connectivity index (χ0v) is 10.2. The molecule has 1 aromatic carbocycles. The van der Waals surface area contributed by atoms with E-state index in [4.69, 9.17) is 28.2 Å². The van der Waals surface area contributed by atoms with E-state index >= 15 is 0 Å². The zero-order chi connectivity index (χ0) is 11.5. The molecule has 0 aliphatic heterocycles. The Labute approximate surface area is 104 Å². The molecule has 0 bridgehead atoms. The van der Waals surface area contributed by atoms with Gasteiger partial charge in [-0.1, -0.05) is 23.8 Å². The quantitative estimate of drug-likeness (QED) is 0.816. The molecule has 0 atom stereocenters. The van der Waals surface area contributed by atoms with Gasteiger partial charge in [-0.15, -0.1) is 0 Å². The van der Waals surface area contributed by atoms with E-state index in [1.54, 1.807) is 6.26 Å². The maximum atomic E-state index is 5.80. The molecule has 82 valence electrons. The van der Waals surface area contributed by atoms with Gasteiger partial charge in [0.05, 0.1) is 11.8 Å². The normalized spacial score (nSPS) is 10.1. The molecule has 0 amide bonds. The van der Waals surface area contributed by atoms with Gasteiger partial charge in [-0.3, -0.25) is 0 Å². The molecule has 0 aliphatic rings. The molecule has 16 heavy (non-hydrogen) atoms. The Morgan fingerprint density at radius 1 is 1.25 bits per heavy atom. The van der Waals surface area contributed by atoms with Crippen LogP contribution in [0.5, 0.6) is 0 Å². The molecule has 0 unspecified atom stereocenters. The topological polar surface area (TPSA) is 25.2 Å². The van der Waals surface area contributed by atoms with E-state index in [1.165, 1.54) is 0 Å². The molecule has 0 spiro atoms. The van der Waals surface area contributed by atoms with Gasteiger partial charge >= 0.3 is 0 Å². The molecule has 4 heteroatoms. The number of halogens is 1. The molecule has 0 saturated heterocycles. The van der Waals surface area contributed by atoms with Gasteiger partial charge < -0.3 is 9.73 Å². The predicted octanol–water partition coefficient (Wildman–Crippen LogP) is 4.03. The van der Waals surface area contributed by atoms with Crippen LogP contribution in [-0.4, -0.2) is 4.99 Å². The molecule has 0 aliphatic carbocycles. The summed E-state index contributed by atoms with van der Waals surface area (Å²) in [5.74, 6) is 0.812. The highest BCUT2D eigenvalue weighted by Crippen LogP contribution is 2.16. The number of anilines is 1. The van der Waals surface area contributed by atoms with Gasteiger partial charge in [0.2, 0.25) is 0 Å². The van der Waals surface area contributed by atoms with Crippen LogP contribution in [0.4, 0.5) is 5.69 Å². The van der Waals surface area contributed by atoms with Crippen molar-refractivity contribution in [1.82, 2.24) is 0 Å². The minimum Gasteiger partial charge on any atom is -0.469 e. The largest absolute Gasteiger partial charge is 0.469 e. The highest BCUT2D eigenvalue weighted by molar-refractivity contribution is 7.81. The number of hydrogen-bond acceptors (Lipinski definition) is 2. The highest BCUT2D eigenvalue weighted by Gasteiger charge is 2.07. The average molecular weight is 252 g/mol. The first-order chi connectivity index (χ1) is 7.66. The first-order valence-electron chi connectivity index (χ1n) is 4.78. The number of benzene rings is 1. The fraction of sp³-hybridized carbons (Fsp3) is 0.0833. The Balaban J connectivity index is 2.14. The van der Waals surface area contributed by atoms with Crippen molar-refractivity contribution in [2.24, 2.45) is 0 Å². The first kappa shape index (κ1) is 11.2. The molecular weight excluding hydrogens is 242 g/mol. The van der Waals surface area contributed by atoms with Gasteiger partial charge in [0, 0.05) is 10.7 Å². The van der Waals surface area contributed by atoms with Gasteiger partial charge in [0.15, 0.2) is 0 Å². The summed E-state index contributed by atoms with van der Waals surface area (Å²) in [6, 6.07) is 9.23. The van der Waals surface area contributed by atoms with Crippen LogP contribution in [0.25, 0.3) is 0 Å². The van der Waals surface area contributed by atoms with Crippen molar-refractivity contribution in [3.8, 4) is 0 Å². The van der Waals surface area contributed by atoms with E-state index in [9.17, 15) is 0 Å². The van der Waals surface area contributed by atoms with Crippen LogP contribution in [0.1, 0.15) is 11.3 Å². The summed E-state index contributed by atoms with van der Waals surface area (Å²) in [5, 5.41) is 3.83. The lowest BCUT2D eigenvalue weighted by atomic mass is 10.2. The van der Waals surface area contributed by atoms with Crippen LogP contribution >= 0.6 is 23.8 Å². The molecule has 0 radical (unpaired) electrons. The van der Waals surface area contributed by atoms with E-state index < -0.39 is 0 Å². The average Bonchev–Trinajstić information content (AvgIpc) is 2.68. The van der Waals surface area contributed by atoms with Gasteiger partial charge in [-0.25, -0.2) is 0 Å². The summed E-state index contributed by atoms with van der Waals surface area (Å²) in [6.45, 7) is 1.88. The molecule has 2 rings (SSSR count). The van der Waals surface area contributed by atoms with Crippen molar-refractivity contribution in [2.75, 3.05) is 5.32 Å². The number of furan rings is 1. The van der Waals surface area contributed by atoms with Crippen molar-refractivity contribution in [3.05, 3.63) is 52.9 Å². The molecular formula is C12H10ClNOS. The second-order valence-electron chi connectivity index (χ2n) is 3.35. The van der Waals surface area contributed by atoms with Crippen LogP contribution in [0, 0.1) is 6.92 Å². The third-order valence-corrected chi connectivity index (χ3v) is 2.78. The number of nitrogens with one attached hydrogen (secondary N) is 1. The summed E-state index contributed by atoms with van der Waals surface area (Å²) in [6.07, 6.45) is 1.63. The smallest absolute Gasteiger partial charge is 0.114 e. The number of aryl methyl sites for hydroxylation is 1. The lowest BCUT2D eigenvalue weighted by Crippen LogP contribution is -2.10. The Kier molecular flexibility index (Phi) is 3.27. The summed E-state index contributed by atoms with van der Waals surface area (Å²) in [5.41, 5.74) is 1.82. The summed E-state index contributed by atoms with van der Waals surface area (Å²) in [4.78, 5) is 0.647. The van der Waals surface area contributed by atoms with E-state index in [2.05, 4.69) is 5.32 Å². The Morgan fingerprint density at radius 2 is 1.94 bits per heavy atom. The van der Waals surface area contributed by atoms with Crippen molar-refractivity contribution in [1.29, 1.82) is 0 Å². The van der Waals surface area contributed by atoms with Crippen LogP contribution in [0.2, 0.25) is 5.02 Å². The van der Waals surface area contributed by atoms with Crippen molar-refractivity contribution in [3.63, 3.8) is 0 Å². The molecule has 1 aromatic heterocycles. The maximum absolute atomic E-state index is 5.80. The standard InChI is InChI=1S/C12H10ClNOS/c1-8-11(6-7-15-8)12(16)14-10-4-2-9(13)3-5-10/h2-7H,1H3,(H,14,16). The third-order valence-electron chi connectivity index (χ3n) is 2.21. The van der Waals surface area contributed by atoms with Crippen LogP contribution in [0.15, 0.2) is 41.0 Å². The van der Waals surface area contributed by atoms with Crippen molar-refractivity contribution >= 4 is 34.5 Å². The minimum absolute atomic E-state index is 0.647. The molecule has 2 aromatic rings. The number of thiocarbonyl (C=S) groups is 1. The van der Waals surface area contributed by atoms with Crippen LogP contribution in [0.3, 0.4) is 0 Å². The Bertz CT molecular complexity index is 504. The summed E-state index contributed by atoms with van der Waals surface area (Å²) >= 11 is 11.1. The van der Waals surface area contributed by atoms with Gasteiger partial charge in [0.1, 0.15) is 10.7 Å². The summed E-state index contributed by atoms with van der Waals surface area (Å²) in [7, 11) is 0. The molecule has 1 N–H and O–H groups in total.